The van der Waals surface area contributed by atoms with Gasteiger partial charge >= 0.3 is 6.03 Å². The summed E-state index contributed by atoms with van der Waals surface area (Å²) < 4.78 is 6.02. The molecule has 3 aliphatic heterocycles. The maximum absolute atomic E-state index is 13.5. The summed E-state index contributed by atoms with van der Waals surface area (Å²) in [6.45, 7) is 3.65. The smallest absolute Gasteiger partial charge is 0.320 e. The van der Waals surface area contributed by atoms with Gasteiger partial charge in [0.15, 0.2) is 0 Å². The van der Waals surface area contributed by atoms with E-state index < -0.39 is 0 Å². The van der Waals surface area contributed by atoms with Crippen LogP contribution in [-0.4, -0.2) is 57.1 Å². The lowest BCUT2D eigenvalue weighted by Gasteiger charge is -2.40. The first-order chi connectivity index (χ1) is 15.5. The highest BCUT2D eigenvalue weighted by Crippen LogP contribution is 2.37. The van der Waals surface area contributed by atoms with Crippen LogP contribution in [0.2, 0.25) is 0 Å². The van der Waals surface area contributed by atoms with Crippen LogP contribution < -0.4 is 10.5 Å². The van der Waals surface area contributed by atoms with Gasteiger partial charge in [-0.05, 0) is 68.0 Å². The van der Waals surface area contributed by atoms with Crippen LogP contribution in [0.3, 0.4) is 0 Å². The number of benzene rings is 2. The number of aromatic nitrogens is 2. The molecule has 1 aromatic heterocycles. The number of nitrogens with one attached hydrogen (secondary N) is 1. The zero-order valence-electron chi connectivity index (χ0n) is 18.4. The molecule has 2 aromatic carbocycles. The molecule has 2 saturated heterocycles. The van der Waals surface area contributed by atoms with Gasteiger partial charge in [0.1, 0.15) is 18.2 Å². The summed E-state index contributed by atoms with van der Waals surface area (Å²) in [7, 11) is 0. The van der Waals surface area contributed by atoms with E-state index in [0.717, 1.165) is 65.0 Å². The van der Waals surface area contributed by atoms with Crippen LogP contribution in [0.15, 0.2) is 36.4 Å². The molecule has 4 heterocycles. The monoisotopic (exact) mass is 431 g/mol. The van der Waals surface area contributed by atoms with Gasteiger partial charge in [0, 0.05) is 23.7 Å². The van der Waals surface area contributed by atoms with Crippen LogP contribution in [0, 0.1) is 6.92 Å². The summed E-state index contributed by atoms with van der Waals surface area (Å²) in [5, 5.41) is 0. The van der Waals surface area contributed by atoms with Gasteiger partial charge < -0.3 is 25.3 Å². The third-order valence-electron chi connectivity index (χ3n) is 7.24. The second-order valence-electron chi connectivity index (χ2n) is 9.45. The van der Waals surface area contributed by atoms with E-state index in [9.17, 15) is 4.79 Å². The molecule has 3 N–H and O–H groups in total. The van der Waals surface area contributed by atoms with Gasteiger partial charge in [0.25, 0.3) is 0 Å². The predicted octanol–water partition coefficient (Wildman–Crippen LogP) is 3.81. The number of nitrogens with zero attached hydrogens (tertiary/aromatic N) is 3. The number of aryl methyl sites for hydroxylation is 1. The van der Waals surface area contributed by atoms with E-state index in [0.29, 0.717) is 19.7 Å². The fourth-order valence-corrected chi connectivity index (χ4v) is 5.75. The first-order valence-corrected chi connectivity index (χ1v) is 11.6. The minimum atomic E-state index is 0.139. The number of fused-ring (bicyclic) bond motifs is 4. The Kier molecular flexibility index (Phi) is 4.61. The van der Waals surface area contributed by atoms with Crippen molar-refractivity contribution in [3.05, 3.63) is 47.8 Å². The van der Waals surface area contributed by atoms with E-state index in [2.05, 4.69) is 39.1 Å². The second kappa shape index (κ2) is 7.52. The van der Waals surface area contributed by atoms with Crippen LogP contribution in [0.1, 0.15) is 37.1 Å². The number of ether oxygens (including phenoxy) is 1. The lowest BCUT2D eigenvalue weighted by molar-refractivity contribution is 0.101. The Morgan fingerprint density at radius 3 is 2.69 bits per heavy atom. The van der Waals surface area contributed by atoms with Crippen molar-refractivity contribution in [3.63, 3.8) is 0 Å². The molecule has 166 valence electrons. The third kappa shape index (κ3) is 3.32. The lowest BCUT2D eigenvalue weighted by Crippen LogP contribution is -2.54. The Hall–Kier alpha value is -3.06. The highest BCUT2D eigenvalue weighted by molar-refractivity contribution is 5.82. The molecule has 7 heteroatoms. The zero-order valence-corrected chi connectivity index (χ0v) is 18.4. The Balaban J connectivity index is 1.28. The van der Waals surface area contributed by atoms with Crippen LogP contribution in [0.5, 0.6) is 5.75 Å². The molecule has 2 atom stereocenters. The zero-order chi connectivity index (χ0) is 21.8. The van der Waals surface area contributed by atoms with Crippen molar-refractivity contribution in [1.82, 2.24) is 19.8 Å². The molecule has 3 aromatic rings. The largest absolute Gasteiger partial charge is 0.491 e. The topological polar surface area (TPSA) is 87.5 Å². The van der Waals surface area contributed by atoms with E-state index in [1.807, 2.05) is 24.0 Å². The maximum atomic E-state index is 13.5. The SMILES string of the molecule is Cc1nc2ccc(-c3ccc4c(c3)CN(C(=O)N3C5CCC3CC(N)C5)CCO4)cc2[nH]1. The van der Waals surface area contributed by atoms with Crippen molar-refractivity contribution in [2.24, 2.45) is 5.73 Å². The third-order valence-corrected chi connectivity index (χ3v) is 7.24. The van der Waals surface area contributed by atoms with Gasteiger partial charge in [0.2, 0.25) is 0 Å². The number of aromatic amines is 1. The number of hydrogen-bond acceptors (Lipinski definition) is 4. The first kappa shape index (κ1) is 19.6. The minimum Gasteiger partial charge on any atom is -0.491 e. The second-order valence-corrected chi connectivity index (χ2v) is 9.45. The molecular weight excluding hydrogens is 402 g/mol. The van der Waals surface area contributed by atoms with Crippen LogP contribution in [0.25, 0.3) is 22.2 Å². The summed E-state index contributed by atoms with van der Waals surface area (Å²) in [5.74, 6) is 1.78. The molecule has 0 saturated carbocycles. The van der Waals surface area contributed by atoms with Gasteiger partial charge in [-0.1, -0.05) is 12.1 Å². The Morgan fingerprint density at radius 2 is 1.88 bits per heavy atom. The van der Waals surface area contributed by atoms with E-state index in [1.165, 1.54) is 0 Å². The van der Waals surface area contributed by atoms with Gasteiger partial charge in [-0.25, -0.2) is 9.78 Å². The number of hydrogen-bond donors (Lipinski definition) is 2. The number of carbonyl (C=O) groups excluding carboxylic acids is 1. The molecule has 0 spiro atoms. The molecule has 0 radical (unpaired) electrons. The molecule has 3 aliphatic rings. The molecule has 6 rings (SSSR count). The van der Waals surface area contributed by atoms with Crippen molar-refractivity contribution in [3.8, 4) is 16.9 Å². The van der Waals surface area contributed by atoms with Crippen molar-refractivity contribution < 1.29 is 9.53 Å². The van der Waals surface area contributed by atoms with Crippen molar-refractivity contribution >= 4 is 17.1 Å². The molecule has 2 bridgehead atoms. The summed E-state index contributed by atoms with van der Waals surface area (Å²) >= 11 is 0. The Morgan fingerprint density at radius 1 is 1.12 bits per heavy atom. The molecule has 2 unspecified atom stereocenters. The number of piperidine rings is 1. The minimum absolute atomic E-state index is 0.139. The summed E-state index contributed by atoms with van der Waals surface area (Å²) in [6, 6.07) is 13.5. The number of amides is 2. The lowest BCUT2D eigenvalue weighted by atomic mass is 9.98. The quantitative estimate of drug-likeness (QED) is 0.613. The van der Waals surface area contributed by atoms with Gasteiger partial charge in [-0.3, -0.25) is 0 Å². The average Bonchev–Trinajstić information content (AvgIpc) is 3.18. The standard InChI is InChI=1S/C25H29N5O2/c1-15-27-22-6-2-17(11-23(22)28-15)16-3-7-24-18(10-16)14-29(8-9-32-24)25(31)30-20-4-5-21(30)13-19(26)12-20/h2-3,6-7,10-11,19-21H,4-5,8-9,12-14,26H2,1H3,(H,27,28). The van der Waals surface area contributed by atoms with Gasteiger partial charge in [0.05, 0.1) is 24.1 Å². The molecule has 2 fully saturated rings. The van der Waals surface area contributed by atoms with E-state index >= 15 is 0 Å². The molecular formula is C25H29N5O2. The molecule has 32 heavy (non-hydrogen) atoms. The van der Waals surface area contributed by atoms with Gasteiger partial charge in [-0.15, -0.1) is 0 Å². The summed E-state index contributed by atoms with van der Waals surface area (Å²) in [6.07, 6.45) is 3.99. The van der Waals surface area contributed by atoms with Crippen LogP contribution >= 0.6 is 0 Å². The normalized spacial score (nSPS) is 24.9. The Bertz CT molecular complexity index is 1170. The van der Waals surface area contributed by atoms with Crippen LogP contribution in [0.4, 0.5) is 4.79 Å². The maximum Gasteiger partial charge on any atom is 0.320 e. The molecule has 7 nitrogen and oxygen atoms in total. The highest BCUT2D eigenvalue weighted by Gasteiger charge is 2.43. The molecule has 0 aliphatic carbocycles. The fourth-order valence-electron chi connectivity index (χ4n) is 5.75. The number of urea groups is 1. The number of imidazole rings is 1. The fraction of sp³-hybridized carbons (Fsp3) is 0.440. The number of H-pyrrole nitrogens is 1. The summed E-state index contributed by atoms with van der Waals surface area (Å²) in [4.78, 5) is 25.4. The number of nitrogens with two attached hydrogens (primary N) is 1. The summed E-state index contributed by atoms with van der Waals surface area (Å²) in [5.41, 5.74) is 11.5. The van der Waals surface area contributed by atoms with Crippen LogP contribution in [-0.2, 0) is 6.54 Å². The van der Waals surface area contributed by atoms with E-state index in [-0.39, 0.29) is 24.2 Å². The molecule has 2 amide bonds. The van der Waals surface area contributed by atoms with Crippen molar-refractivity contribution in [2.75, 3.05) is 13.2 Å². The van der Waals surface area contributed by atoms with Crippen molar-refractivity contribution in [2.45, 2.75) is 57.3 Å². The van der Waals surface area contributed by atoms with E-state index in [4.69, 9.17) is 10.5 Å². The number of rotatable bonds is 1. The van der Waals surface area contributed by atoms with Crippen molar-refractivity contribution in [1.29, 1.82) is 0 Å². The van der Waals surface area contributed by atoms with Gasteiger partial charge in [-0.2, -0.15) is 0 Å². The average molecular weight is 432 g/mol. The predicted molar refractivity (Wildman–Crippen MR) is 123 cm³/mol. The highest BCUT2D eigenvalue weighted by atomic mass is 16.5. The number of carbonyl (C=O) groups is 1. The first-order valence-electron chi connectivity index (χ1n) is 11.6. The Labute approximate surface area is 187 Å². The van der Waals surface area contributed by atoms with E-state index in [1.54, 1.807) is 0 Å².